The second kappa shape index (κ2) is 4.51. The van der Waals surface area contributed by atoms with E-state index in [0.717, 1.165) is 21.7 Å². The third-order valence-corrected chi connectivity index (χ3v) is 3.24. The van der Waals surface area contributed by atoms with Gasteiger partial charge in [-0.1, -0.05) is 36.4 Å². The van der Waals surface area contributed by atoms with E-state index in [9.17, 15) is 4.79 Å². The zero-order valence-electron chi connectivity index (χ0n) is 9.30. The number of aromatic carboxylic acids is 1. The first-order valence-corrected chi connectivity index (χ1v) is 5.91. The van der Waals surface area contributed by atoms with Gasteiger partial charge in [0.1, 0.15) is 5.01 Å². The van der Waals surface area contributed by atoms with Crippen LogP contribution in [0.3, 0.4) is 0 Å². The average Bonchev–Trinajstić information content (AvgIpc) is 2.78. The minimum absolute atomic E-state index is 0.0916. The van der Waals surface area contributed by atoms with E-state index >= 15 is 0 Å². The van der Waals surface area contributed by atoms with Gasteiger partial charge >= 0.3 is 5.97 Å². The van der Waals surface area contributed by atoms with Crippen molar-refractivity contribution in [2.75, 3.05) is 0 Å². The van der Waals surface area contributed by atoms with Crippen LogP contribution in [0.15, 0.2) is 36.2 Å². The number of rotatable bonds is 3. The molecule has 0 atom stereocenters. The molecule has 0 aliphatic carbocycles. The van der Waals surface area contributed by atoms with Gasteiger partial charge in [0.25, 0.3) is 0 Å². The predicted molar refractivity (Wildman–Crippen MR) is 69.2 cm³/mol. The molecule has 0 saturated heterocycles. The fourth-order valence-electron chi connectivity index (χ4n) is 1.40. The molecule has 0 aliphatic rings. The first-order chi connectivity index (χ1) is 8.08. The number of allylic oxidation sites excluding steroid dienone is 1. The Morgan fingerprint density at radius 3 is 2.47 bits per heavy atom. The highest BCUT2D eigenvalue weighted by Gasteiger charge is 2.09. The Bertz CT molecular complexity index is 569. The molecular weight excluding hydrogens is 234 g/mol. The monoisotopic (exact) mass is 245 g/mol. The minimum atomic E-state index is -0.994. The molecule has 1 N–H and O–H groups in total. The number of benzene rings is 1. The van der Waals surface area contributed by atoms with Crippen LogP contribution in [0.25, 0.3) is 16.1 Å². The zero-order chi connectivity index (χ0) is 12.4. The summed E-state index contributed by atoms with van der Waals surface area (Å²) in [4.78, 5) is 14.8. The van der Waals surface area contributed by atoms with Crippen molar-refractivity contribution >= 4 is 22.9 Å². The summed E-state index contributed by atoms with van der Waals surface area (Å²) < 4.78 is 0. The summed E-state index contributed by atoms with van der Waals surface area (Å²) in [5, 5.41) is 11.1. The molecule has 1 aromatic heterocycles. The molecule has 0 amide bonds. The first-order valence-electron chi connectivity index (χ1n) is 5.03. The molecule has 0 unspecified atom stereocenters. The lowest BCUT2D eigenvalue weighted by Crippen LogP contribution is -1.95. The molecule has 0 fully saturated rings. The van der Waals surface area contributed by atoms with Crippen molar-refractivity contribution in [2.45, 2.75) is 6.92 Å². The standard InChI is InChI=1S/C13H11NO2S/c1-8(2)9-3-5-10(6-4-9)12-14-11(7-17-12)13(15)16/h3-7H,1H2,2H3,(H,15,16). The molecule has 3 nitrogen and oxygen atoms in total. The predicted octanol–water partition coefficient (Wildman–Crippen LogP) is 3.54. The van der Waals surface area contributed by atoms with Gasteiger partial charge in [0, 0.05) is 10.9 Å². The number of carboxylic acid groups (broad SMARTS) is 1. The van der Waals surface area contributed by atoms with Crippen LogP contribution in [0, 0.1) is 0 Å². The SMILES string of the molecule is C=C(C)c1ccc(-c2nc(C(=O)O)cs2)cc1. The van der Waals surface area contributed by atoms with Gasteiger partial charge in [0.2, 0.25) is 0 Å². The number of hydrogen-bond donors (Lipinski definition) is 1. The fraction of sp³-hybridized carbons (Fsp3) is 0.0769. The van der Waals surface area contributed by atoms with E-state index in [1.807, 2.05) is 31.2 Å². The maximum absolute atomic E-state index is 10.7. The summed E-state index contributed by atoms with van der Waals surface area (Å²) in [6.45, 7) is 5.81. The van der Waals surface area contributed by atoms with Crippen LogP contribution in [0.5, 0.6) is 0 Å². The lowest BCUT2D eigenvalue weighted by Gasteiger charge is -2.00. The van der Waals surface area contributed by atoms with E-state index in [1.165, 1.54) is 11.3 Å². The van der Waals surface area contributed by atoms with E-state index in [1.54, 1.807) is 5.38 Å². The molecular formula is C13H11NO2S. The van der Waals surface area contributed by atoms with E-state index in [2.05, 4.69) is 11.6 Å². The highest BCUT2D eigenvalue weighted by atomic mass is 32.1. The molecule has 2 rings (SSSR count). The molecule has 86 valence electrons. The van der Waals surface area contributed by atoms with Crippen molar-refractivity contribution in [2.24, 2.45) is 0 Å². The van der Waals surface area contributed by atoms with Gasteiger partial charge in [0.05, 0.1) is 0 Å². The molecule has 2 aromatic rings. The third kappa shape index (κ3) is 2.42. The van der Waals surface area contributed by atoms with Crippen LogP contribution in [-0.4, -0.2) is 16.1 Å². The Labute approximate surface area is 103 Å². The summed E-state index contributed by atoms with van der Waals surface area (Å²) in [7, 11) is 0. The van der Waals surface area contributed by atoms with Gasteiger partial charge in [-0.2, -0.15) is 0 Å². The fourth-order valence-corrected chi connectivity index (χ4v) is 2.20. The molecule has 0 bridgehead atoms. The molecule has 0 aliphatic heterocycles. The molecule has 17 heavy (non-hydrogen) atoms. The van der Waals surface area contributed by atoms with E-state index in [0.29, 0.717) is 0 Å². The Morgan fingerprint density at radius 1 is 1.35 bits per heavy atom. The van der Waals surface area contributed by atoms with Crippen molar-refractivity contribution in [3.8, 4) is 10.6 Å². The van der Waals surface area contributed by atoms with Crippen molar-refractivity contribution in [3.63, 3.8) is 0 Å². The summed E-state index contributed by atoms with van der Waals surface area (Å²) in [6, 6.07) is 7.77. The van der Waals surface area contributed by atoms with Crippen molar-refractivity contribution in [1.82, 2.24) is 4.98 Å². The van der Waals surface area contributed by atoms with Crippen LogP contribution in [0.1, 0.15) is 23.0 Å². The quantitative estimate of drug-likeness (QED) is 0.899. The third-order valence-electron chi connectivity index (χ3n) is 2.35. The van der Waals surface area contributed by atoms with Crippen LogP contribution >= 0.6 is 11.3 Å². The van der Waals surface area contributed by atoms with Crippen LogP contribution in [-0.2, 0) is 0 Å². The Balaban J connectivity index is 2.33. The van der Waals surface area contributed by atoms with Crippen molar-refractivity contribution < 1.29 is 9.90 Å². The number of thiazole rings is 1. The normalized spacial score (nSPS) is 10.2. The van der Waals surface area contributed by atoms with Gasteiger partial charge in [-0.25, -0.2) is 9.78 Å². The van der Waals surface area contributed by atoms with E-state index in [-0.39, 0.29) is 5.69 Å². The number of nitrogens with zero attached hydrogens (tertiary/aromatic N) is 1. The van der Waals surface area contributed by atoms with Gasteiger partial charge in [-0.15, -0.1) is 11.3 Å². The molecule has 1 aromatic carbocycles. The summed E-state index contributed by atoms with van der Waals surface area (Å²) in [6.07, 6.45) is 0. The van der Waals surface area contributed by atoms with Gasteiger partial charge in [-0.3, -0.25) is 0 Å². The smallest absolute Gasteiger partial charge is 0.355 e. The maximum atomic E-state index is 10.7. The van der Waals surface area contributed by atoms with Crippen molar-refractivity contribution in [3.05, 3.63) is 47.5 Å². The Kier molecular flexibility index (Phi) is 3.06. The first kappa shape index (κ1) is 11.5. The van der Waals surface area contributed by atoms with Crippen LogP contribution < -0.4 is 0 Å². The summed E-state index contributed by atoms with van der Waals surface area (Å²) >= 11 is 1.33. The second-order valence-corrected chi connectivity index (χ2v) is 4.56. The molecule has 0 saturated carbocycles. The minimum Gasteiger partial charge on any atom is -0.476 e. The topological polar surface area (TPSA) is 50.2 Å². The van der Waals surface area contributed by atoms with Crippen LogP contribution in [0.4, 0.5) is 0 Å². The molecule has 1 heterocycles. The molecule has 4 heteroatoms. The number of aromatic nitrogens is 1. The highest BCUT2D eigenvalue weighted by Crippen LogP contribution is 2.25. The average molecular weight is 245 g/mol. The van der Waals surface area contributed by atoms with Crippen molar-refractivity contribution in [1.29, 1.82) is 0 Å². The number of hydrogen-bond acceptors (Lipinski definition) is 3. The second-order valence-electron chi connectivity index (χ2n) is 3.70. The number of carbonyl (C=O) groups is 1. The lowest BCUT2D eigenvalue weighted by molar-refractivity contribution is 0.0691. The van der Waals surface area contributed by atoms with Gasteiger partial charge in [-0.05, 0) is 12.5 Å². The Morgan fingerprint density at radius 2 is 2.00 bits per heavy atom. The van der Waals surface area contributed by atoms with E-state index in [4.69, 9.17) is 5.11 Å². The van der Waals surface area contributed by atoms with Gasteiger partial charge in [0.15, 0.2) is 5.69 Å². The molecule has 0 spiro atoms. The molecule has 0 radical (unpaired) electrons. The maximum Gasteiger partial charge on any atom is 0.355 e. The zero-order valence-corrected chi connectivity index (χ0v) is 10.1. The Hall–Kier alpha value is -1.94. The van der Waals surface area contributed by atoms with E-state index < -0.39 is 5.97 Å². The summed E-state index contributed by atoms with van der Waals surface area (Å²) in [5.74, 6) is -0.994. The summed E-state index contributed by atoms with van der Waals surface area (Å²) in [5.41, 5.74) is 3.09. The highest BCUT2D eigenvalue weighted by molar-refractivity contribution is 7.13. The van der Waals surface area contributed by atoms with Gasteiger partial charge < -0.3 is 5.11 Å². The largest absolute Gasteiger partial charge is 0.476 e. The number of carboxylic acids is 1. The lowest BCUT2D eigenvalue weighted by atomic mass is 10.1. The van der Waals surface area contributed by atoms with Crippen LogP contribution in [0.2, 0.25) is 0 Å².